The maximum Gasteiger partial charge on any atom is 0.339 e. The highest BCUT2D eigenvalue weighted by Gasteiger charge is 2.15. The standard InChI is InChI=1S/C10H12O3S/c1-3-9-8(10(12)13-4-2)5-7(6-11)14-9/h5-6H,3-4H2,1-2H3. The van der Waals surface area contributed by atoms with Crippen LogP contribution >= 0.6 is 11.3 Å². The van der Waals surface area contributed by atoms with Gasteiger partial charge in [0, 0.05) is 4.88 Å². The van der Waals surface area contributed by atoms with E-state index in [0.717, 1.165) is 17.6 Å². The predicted octanol–water partition coefficient (Wildman–Crippen LogP) is 2.30. The summed E-state index contributed by atoms with van der Waals surface area (Å²) in [7, 11) is 0. The van der Waals surface area contributed by atoms with Gasteiger partial charge >= 0.3 is 5.97 Å². The number of aldehydes is 1. The molecule has 14 heavy (non-hydrogen) atoms. The second-order valence-electron chi connectivity index (χ2n) is 2.68. The minimum Gasteiger partial charge on any atom is -0.462 e. The molecule has 1 aromatic rings. The maximum atomic E-state index is 11.4. The van der Waals surface area contributed by atoms with Gasteiger partial charge in [-0.3, -0.25) is 4.79 Å². The molecule has 0 atom stereocenters. The molecular formula is C10H12O3S. The molecule has 0 aliphatic rings. The molecular weight excluding hydrogens is 200 g/mol. The van der Waals surface area contributed by atoms with Crippen molar-refractivity contribution in [2.45, 2.75) is 20.3 Å². The van der Waals surface area contributed by atoms with E-state index in [1.54, 1.807) is 13.0 Å². The van der Waals surface area contributed by atoms with Gasteiger partial charge in [-0.1, -0.05) is 6.92 Å². The minimum absolute atomic E-state index is 0.339. The number of aryl methyl sites for hydroxylation is 1. The SMILES string of the molecule is CCOC(=O)c1cc(C=O)sc1CC. The van der Waals surface area contributed by atoms with Crippen molar-refractivity contribution in [2.24, 2.45) is 0 Å². The van der Waals surface area contributed by atoms with Crippen LogP contribution in [0.15, 0.2) is 6.07 Å². The normalized spacial score (nSPS) is 9.86. The van der Waals surface area contributed by atoms with Gasteiger partial charge in [0.1, 0.15) is 0 Å². The lowest BCUT2D eigenvalue weighted by molar-refractivity contribution is 0.0526. The fourth-order valence-electron chi connectivity index (χ4n) is 1.15. The topological polar surface area (TPSA) is 43.4 Å². The van der Waals surface area contributed by atoms with Gasteiger partial charge in [-0.25, -0.2) is 4.79 Å². The van der Waals surface area contributed by atoms with Crippen LogP contribution in [-0.2, 0) is 11.2 Å². The lowest BCUT2D eigenvalue weighted by Gasteiger charge is -2.00. The van der Waals surface area contributed by atoms with E-state index in [2.05, 4.69) is 0 Å². The number of esters is 1. The number of ether oxygens (including phenoxy) is 1. The Balaban J connectivity index is 2.99. The number of carbonyl (C=O) groups excluding carboxylic acids is 2. The van der Waals surface area contributed by atoms with Crippen LogP contribution in [0.25, 0.3) is 0 Å². The van der Waals surface area contributed by atoms with E-state index in [1.165, 1.54) is 11.3 Å². The van der Waals surface area contributed by atoms with Crippen LogP contribution in [0.3, 0.4) is 0 Å². The molecule has 0 aromatic carbocycles. The van der Waals surface area contributed by atoms with Crippen LogP contribution in [0, 0.1) is 0 Å². The fraction of sp³-hybridized carbons (Fsp3) is 0.400. The molecule has 0 unspecified atom stereocenters. The summed E-state index contributed by atoms with van der Waals surface area (Å²) in [6.45, 7) is 4.06. The third kappa shape index (κ3) is 2.20. The average molecular weight is 212 g/mol. The summed E-state index contributed by atoms with van der Waals surface area (Å²) in [5.41, 5.74) is 0.529. The summed E-state index contributed by atoms with van der Waals surface area (Å²) in [5.74, 6) is -0.339. The summed E-state index contributed by atoms with van der Waals surface area (Å²) in [4.78, 5) is 23.4. The van der Waals surface area contributed by atoms with Crippen molar-refractivity contribution in [2.75, 3.05) is 6.61 Å². The number of hydrogen-bond acceptors (Lipinski definition) is 4. The van der Waals surface area contributed by atoms with Crippen molar-refractivity contribution < 1.29 is 14.3 Å². The van der Waals surface area contributed by atoms with Crippen molar-refractivity contribution >= 4 is 23.6 Å². The van der Waals surface area contributed by atoms with Crippen molar-refractivity contribution in [1.82, 2.24) is 0 Å². The van der Waals surface area contributed by atoms with Crippen LogP contribution in [0.4, 0.5) is 0 Å². The Morgan fingerprint density at radius 3 is 2.79 bits per heavy atom. The molecule has 1 aromatic heterocycles. The van der Waals surface area contributed by atoms with Gasteiger partial charge in [0.2, 0.25) is 0 Å². The van der Waals surface area contributed by atoms with Crippen molar-refractivity contribution in [1.29, 1.82) is 0 Å². The Morgan fingerprint density at radius 2 is 2.29 bits per heavy atom. The molecule has 0 aliphatic heterocycles. The van der Waals surface area contributed by atoms with Gasteiger partial charge in [-0.15, -0.1) is 11.3 Å². The molecule has 0 amide bonds. The highest BCUT2D eigenvalue weighted by Crippen LogP contribution is 2.22. The first kappa shape index (κ1) is 10.9. The zero-order chi connectivity index (χ0) is 10.6. The van der Waals surface area contributed by atoms with E-state index in [9.17, 15) is 9.59 Å². The van der Waals surface area contributed by atoms with E-state index < -0.39 is 0 Å². The van der Waals surface area contributed by atoms with Crippen molar-refractivity contribution in [3.63, 3.8) is 0 Å². The van der Waals surface area contributed by atoms with Crippen molar-refractivity contribution in [3.8, 4) is 0 Å². The van der Waals surface area contributed by atoms with Crippen LogP contribution < -0.4 is 0 Å². The van der Waals surface area contributed by atoms with E-state index in [-0.39, 0.29) is 5.97 Å². The third-order valence-corrected chi connectivity index (χ3v) is 2.97. The first-order valence-corrected chi connectivity index (χ1v) is 5.29. The third-order valence-electron chi connectivity index (χ3n) is 1.76. The summed E-state index contributed by atoms with van der Waals surface area (Å²) >= 11 is 1.34. The Morgan fingerprint density at radius 1 is 1.57 bits per heavy atom. The summed E-state index contributed by atoms with van der Waals surface area (Å²) < 4.78 is 4.88. The number of rotatable bonds is 4. The largest absolute Gasteiger partial charge is 0.462 e. The van der Waals surface area contributed by atoms with Gasteiger partial charge in [-0.2, -0.15) is 0 Å². The number of thiophene rings is 1. The Hall–Kier alpha value is -1.16. The Kier molecular flexibility index (Phi) is 3.83. The molecule has 76 valence electrons. The molecule has 0 fully saturated rings. The molecule has 1 rings (SSSR count). The predicted molar refractivity (Wildman–Crippen MR) is 55.0 cm³/mol. The lowest BCUT2D eigenvalue weighted by atomic mass is 10.2. The molecule has 0 radical (unpaired) electrons. The second-order valence-corrected chi connectivity index (χ2v) is 3.85. The quantitative estimate of drug-likeness (QED) is 0.568. The monoisotopic (exact) mass is 212 g/mol. The number of carbonyl (C=O) groups is 2. The van der Waals surface area contributed by atoms with Crippen molar-refractivity contribution in [3.05, 3.63) is 21.4 Å². The number of hydrogen-bond donors (Lipinski definition) is 0. The zero-order valence-corrected chi connectivity index (χ0v) is 9.02. The Labute approximate surface area is 86.7 Å². The molecule has 0 spiro atoms. The highest BCUT2D eigenvalue weighted by molar-refractivity contribution is 7.14. The summed E-state index contributed by atoms with van der Waals surface area (Å²) in [5, 5.41) is 0. The molecule has 0 N–H and O–H groups in total. The lowest BCUT2D eigenvalue weighted by Crippen LogP contribution is -2.05. The van der Waals surface area contributed by atoms with Crippen LogP contribution in [0.1, 0.15) is 38.8 Å². The van der Waals surface area contributed by atoms with Crippen LogP contribution in [0.2, 0.25) is 0 Å². The minimum atomic E-state index is -0.339. The average Bonchev–Trinajstić information content (AvgIpc) is 2.61. The maximum absolute atomic E-state index is 11.4. The Bertz CT molecular complexity index is 341. The molecule has 0 saturated heterocycles. The molecule has 3 nitrogen and oxygen atoms in total. The van der Waals surface area contributed by atoms with E-state index in [1.807, 2.05) is 6.92 Å². The van der Waals surface area contributed by atoms with Gasteiger partial charge in [0.15, 0.2) is 6.29 Å². The fourth-order valence-corrected chi connectivity index (χ4v) is 2.06. The summed E-state index contributed by atoms with van der Waals surface area (Å²) in [6, 6.07) is 1.59. The first-order chi connectivity index (χ1) is 6.72. The summed E-state index contributed by atoms with van der Waals surface area (Å²) in [6.07, 6.45) is 1.50. The molecule has 0 saturated carbocycles. The zero-order valence-electron chi connectivity index (χ0n) is 8.20. The molecule has 4 heteroatoms. The smallest absolute Gasteiger partial charge is 0.339 e. The highest BCUT2D eigenvalue weighted by atomic mass is 32.1. The van der Waals surface area contributed by atoms with Gasteiger partial charge in [0.25, 0.3) is 0 Å². The molecule has 0 bridgehead atoms. The van der Waals surface area contributed by atoms with Gasteiger partial charge in [-0.05, 0) is 19.4 Å². The van der Waals surface area contributed by atoms with E-state index in [4.69, 9.17) is 4.74 Å². The first-order valence-electron chi connectivity index (χ1n) is 4.47. The van der Waals surface area contributed by atoms with Crippen LogP contribution in [0.5, 0.6) is 0 Å². The van der Waals surface area contributed by atoms with Gasteiger partial charge in [0.05, 0.1) is 17.0 Å². The second kappa shape index (κ2) is 4.91. The van der Waals surface area contributed by atoms with E-state index in [0.29, 0.717) is 17.0 Å². The van der Waals surface area contributed by atoms with Crippen LogP contribution in [-0.4, -0.2) is 18.9 Å². The van der Waals surface area contributed by atoms with Gasteiger partial charge < -0.3 is 4.74 Å². The van der Waals surface area contributed by atoms with E-state index >= 15 is 0 Å². The molecule has 1 heterocycles. The molecule has 0 aliphatic carbocycles.